The third-order valence-corrected chi connectivity index (χ3v) is 9.01. The molecule has 2 aliphatic heterocycles. The lowest BCUT2D eigenvalue weighted by molar-refractivity contribution is 0.310. The minimum Gasteiger partial charge on any atom is -0.497 e. The Balaban J connectivity index is 1.35. The number of rotatable bonds is 6. The molecule has 0 aliphatic carbocycles. The SMILES string of the molecule is COc1ccc(S(=O)(=O)N2CC=C(c3ccc4[nH]cc(C[C@H]5CCCN5C)c4c3)CC2)cc1. The number of nitrogens with one attached hydrogen (secondary N) is 1. The van der Waals surface area contributed by atoms with E-state index in [1.807, 2.05) is 0 Å². The van der Waals surface area contributed by atoms with Gasteiger partial charge in [0.15, 0.2) is 0 Å². The minimum atomic E-state index is -3.52. The van der Waals surface area contributed by atoms with Crippen molar-refractivity contribution < 1.29 is 13.2 Å². The number of methoxy groups -OCH3 is 1. The fourth-order valence-electron chi connectivity index (χ4n) is 5.07. The van der Waals surface area contributed by atoms with Gasteiger partial charge in [0.25, 0.3) is 0 Å². The van der Waals surface area contributed by atoms with Crippen molar-refractivity contribution in [1.82, 2.24) is 14.2 Å². The van der Waals surface area contributed by atoms with Gasteiger partial charge in [-0.2, -0.15) is 4.31 Å². The van der Waals surface area contributed by atoms with Gasteiger partial charge in [-0.25, -0.2) is 8.42 Å². The Morgan fingerprint density at radius 1 is 1.12 bits per heavy atom. The molecule has 2 aliphatic rings. The maximum absolute atomic E-state index is 13.1. The second-order valence-corrected chi connectivity index (χ2v) is 11.0. The highest BCUT2D eigenvalue weighted by Gasteiger charge is 2.27. The highest BCUT2D eigenvalue weighted by atomic mass is 32.2. The number of hydrogen-bond acceptors (Lipinski definition) is 4. The van der Waals surface area contributed by atoms with Crippen molar-refractivity contribution in [3.63, 3.8) is 0 Å². The quantitative estimate of drug-likeness (QED) is 0.590. The van der Waals surface area contributed by atoms with Gasteiger partial charge < -0.3 is 14.6 Å². The van der Waals surface area contributed by atoms with Gasteiger partial charge in [0.1, 0.15) is 5.75 Å². The molecule has 1 atom stereocenters. The third kappa shape index (κ3) is 4.33. The second kappa shape index (κ2) is 8.97. The first-order valence-corrected chi connectivity index (χ1v) is 13.0. The summed E-state index contributed by atoms with van der Waals surface area (Å²) in [5.74, 6) is 0.647. The summed E-state index contributed by atoms with van der Waals surface area (Å²) in [4.78, 5) is 6.19. The van der Waals surface area contributed by atoms with E-state index < -0.39 is 10.0 Å². The van der Waals surface area contributed by atoms with E-state index in [0.29, 0.717) is 36.2 Å². The Morgan fingerprint density at radius 3 is 2.61 bits per heavy atom. The molecule has 2 aromatic carbocycles. The molecule has 3 heterocycles. The summed E-state index contributed by atoms with van der Waals surface area (Å²) in [6, 6.07) is 13.8. The van der Waals surface area contributed by atoms with Crippen molar-refractivity contribution in [2.24, 2.45) is 0 Å². The predicted octanol–water partition coefficient (Wildman–Crippen LogP) is 4.29. The number of likely N-dealkylation sites (N-methyl/N-ethyl adjacent to an activating group) is 1. The molecule has 0 radical (unpaired) electrons. The van der Waals surface area contributed by atoms with Crippen LogP contribution in [0.4, 0.5) is 0 Å². The van der Waals surface area contributed by atoms with Crippen LogP contribution in [0.2, 0.25) is 0 Å². The van der Waals surface area contributed by atoms with Crippen molar-refractivity contribution in [1.29, 1.82) is 0 Å². The zero-order chi connectivity index (χ0) is 23.0. The minimum absolute atomic E-state index is 0.301. The van der Waals surface area contributed by atoms with E-state index in [1.54, 1.807) is 35.7 Å². The Hall–Kier alpha value is -2.61. The summed E-state index contributed by atoms with van der Waals surface area (Å²) in [5.41, 5.74) is 4.92. The van der Waals surface area contributed by atoms with Gasteiger partial charge in [0.2, 0.25) is 10.0 Å². The maximum atomic E-state index is 13.1. The molecule has 1 fully saturated rings. The highest BCUT2D eigenvalue weighted by molar-refractivity contribution is 7.89. The Kier molecular flexibility index (Phi) is 6.03. The lowest BCUT2D eigenvalue weighted by Gasteiger charge is -2.26. The lowest BCUT2D eigenvalue weighted by atomic mass is 9.96. The van der Waals surface area contributed by atoms with Gasteiger partial charge in [0, 0.05) is 36.2 Å². The summed E-state index contributed by atoms with van der Waals surface area (Å²) in [7, 11) is 0.269. The Labute approximate surface area is 195 Å². The summed E-state index contributed by atoms with van der Waals surface area (Å²) in [6.45, 7) is 2.04. The van der Waals surface area contributed by atoms with E-state index in [1.165, 1.54) is 41.5 Å². The number of ether oxygens (including phenoxy) is 1. The number of aromatic nitrogens is 1. The van der Waals surface area contributed by atoms with Crippen LogP contribution in [-0.4, -0.2) is 62.4 Å². The number of H-pyrrole nitrogens is 1. The van der Waals surface area contributed by atoms with Gasteiger partial charge in [-0.1, -0.05) is 12.1 Å². The number of hydrogen-bond donors (Lipinski definition) is 1. The van der Waals surface area contributed by atoms with Gasteiger partial charge >= 0.3 is 0 Å². The number of sulfonamides is 1. The van der Waals surface area contributed by atoms with Crippen LogP contribution in [0, 0.1) is 0 Å². The van der Waals surface area contributed by atoms with Crippen LogP contribution in [0.25, 0.3) is 16.5 Å². The fraction of sp³-hybridized carbons (Fsp3) is 0.385. The van der Waals surface area contributed by atoms with E-state index in [-0.39, 0.29) is 0 Å². The largest absolute Gasteiger partial charge is 0.497 e. The predicted molar refractivity (Wildman–Crippen MR) is 132 cm³/mol. The molecule has 0 spiro atoms. The Bertz CT molecular complexity index is 1280. The van der Waals surface area contributed by atoms with Crippen LogP contribution >= 0.6 is 0 Å². The highest BCUT2D eigenvalue weighted by Crippen LogP contribution is 2.31. The van der Waals surface area contributed by atoms with Crippen molar-refractivity contribution in [2.75, 3.05) is 33.8 Å². The smallest absolute Gasteiger partial charge is 0.243 e. The van der Waals surface area contributed by atoms with Crippen LogP contribution in [0.15, 0.2) is 59.6 Å². The first kappa shape index (κ1) is 22.2. The van der Waals surface area contributed by atoms with Gasteiger partial charge in [-0.3, -0.25) is 0 Å². The topological polar surface area (TPSA) is 65.6 Å². The first-order chi connectivity index (χ1) is 16.0. The van der Waals surface area contributed by atoms with Crippen LogP contribution in [0.3, 0.4) is 0 Å². The molecule has 0 bridgehead atoms. The van der Waals surface area contributed by atoms with Crippen LogP contribution in [0.5, 0.6) is 5.75 Å². The Morgan fingerprint density at radius 2 is 1.94 bits per heavy atom. The van der Waals surface area contributed by atoms with Crippen LogP contribution in [-0.2, 0) is 16.4 Å². The molecule has 1 saturated heterocycles. The molecule has 0 unspecified atom stereocenters. The molecular weight excluding hydrogens is 434 g/mol. The molecule has 5 rings (SSSR count). The fourth-order valence-corrected chi connectivity index (χ4v) is 6.45. The molecule has 7 heteroatoms. The first-order valence-electron chi connectivity index (χ1n) is 11.6. The normalized spacial score (nSPS) is 20.3. The zero-order valence-electron chi connectivity index (χ0n) is 19.3. The van der Waals surface area contributed by atoms with E-state index >= 15 is 0 Å². The van der Waals surface area contributed by atoms with E-state index in [9.17, 15) is 8.42 Å². The van der Waals surface area contributed by atoms with Crippen molar-refractivity contribution in [3.05, 3.63) is 65.9 Å². The standard InChI is InChI=1S/C26H31N3O3S/c1-28-13-3-4-22(28)16-21-18-27-26-10-5-20(17-25(21)26)19-11-14-29(15-12-19)33(30,31)24-8-6-23(32-2)7-9-24/h5-11,17-18,22,27H,3-4,12-16H2,1-2H3/t22-/m1/s1. The van der Waals surface area contributed by atoms with E-state index in [2.05, 4.69) is 47.4 Å². The molecular formula is C26H31N3O3S. The molecule has 0 amide bonds. The second-order valence-electron chi connectivity index (χ2n) is 9.07. The zero-order valence-corrected chi connectivity index (χ0v) is 20.1. The van der Waals surface area contributed by atoms with Crippen molar-refractivity contribution in [3.8, 4) is 5.75 Å². The molecule has 1 N–H and O–H groups in total. The average molecular weight is 466 g/mol. The molecule has 3 aromatic rings. The summed E-state index contributed by atoms with van der Waals surface area (Å²) < 4.78 is 32.8. The number of benzene rings is 2. The molecule has 0 saturated carbocycles. The molecule has 174 valence electrons. The molecule has 1 aromatic heterocycles. The number of likely N-dealkylation sites (tertiary alicyclic amines) is 1. The monoisotopic (exact) mass is 465 g/mol. The summed E-state index contributed by atoms with van der Waals surface area (Å²) in [5, 5.41) is 1.28. The third-order valence-electron chi connectivity index (χ3n) is 7.13. The van der Waals surface area contributed by atoms with Crippen LogP contribution in [0.1, 0.15) is 30.4 Å². The van der Waals surface area contributed by atoms with Crippen molar-refractivity contribution >= 4 is 26.5 Å². The van der Waals surface area contributed by atoms with Crippen LogP contribution < -0.4 is 4.74 Å². The van der Waals surface area contributed by atoms with E-state index in [4.69, 9.17) is 4.74 Å². The summed E-state index contributed by atoms with van der Waals surface area (Å²) in [6.07, 6.45) is 8.50. The summed E-state index contributed by atoms with van der Waals surface area (Å²) >= 11 is 0. The van der Waals surface area contributed by atoms with Gasteiger partial charge in [-0.15, -0.1) is 0 Å². The number of fused-ring (bicyclic) bond motifs is 1. The molecule has 33 heavy (non-hydrogen) atoms. The lowest BCUT2D eigenvalue weighted by Crippen LogP contribution is -2.34. The molecule has 6 nitrogen and oxygen atoms in total. The number of aromatic amines is 1. The average Bonchev–Trinajstić information content (AvgIpc) is 3.45. The van der Waals surface area contributed by atoms with Gasteiger partial charge in [0.05, 0.1) is 12.0 Å². The van der Waals surface area contributed by atoms with Crippen molar-refractivity contribution in [2.45, 2.75) is 36.6 Å². The maximum Gasteiger partial charge on any atom is 0.243 e. The van der Waals surface area contributed by atoms with E-state index in [0.717, 1.165) is 11.9 Å². The number of nitrogens with zero attached hydrogens (tertiary/aromatic N) is 2. The van der Waals surface area contributed by atoms with Gasteiger partial charge in [-0.05, 0) is 92.4 Å².